The summed E-state index contributed by atoms with van der Waals surface area (Å²) < 4.78 is 4.67. The number of aromatic nitrogens is 1. The highest BCUT2D eigenvalue weighted by Gasteiger charge is 2.10. The third-order valence-electron chi connectivity index (χ3n) is 2.15. The zero-order chi connectivity index (χ0) is 10.8. The molecule has 0 spiro atoms. The van der Waals surface area contributed by atoms with Gasteiger partial charge in [-0.1, -0.05) is 0 Å². The molecular formula is C10H7Cl2NO2. The fourth-order valence-corrected chi connectivity index (χ4v) is 1.71. The van der Waals surface area contributed by atoms with Crippen molar-refractivity contribution in [1.82, 2.24) is 4.98 Å². The number of benzene rings is 1. The maximum atomic E-state index is 11.4. The van der Waals surface area contributed by atoms with E-state index in [1.165, 1.54) is 0 Å². The van der Waals surface area contributed by atoms with Crippen LogP contribution in [0.4, 0.5) is 0 Å². The predicted octanol–water partition coefficient (Wildman–Crippen LogP) is 3.12. The largest absolute Gasteiger partial charge is 0.383 e. The van der Waals surface area contributed by atoms with Crippen LogP contribution in [0.2, 0.25) is 0 Å². The Kier molecular flexibility index (Phi) is 2.84. The zero-order valence-electron chi connectivity index (χ0n) is 7.59. The van der Waals surface area contributed by atoms with Gasteiger partial charge in [0.1, 0.15) is 11.9 Å². The number of nitrogens with one attached hydrogen (secondary N) is 1. The van der Waals surface area contributed by atoms with Crippen molar-refractivity contribution in [1.29, 1.82) is 0 Å². The number of halogens is 2. The molecule has 0 unspecified atom stereocenters. The second-order valence-electron chi connectivity index (χ2n) is 3.05. The molecule has 1 heterocycles. The molecule has 3 nitrogen and oxygen atoms in total. The van der Waals surface area contributed by atoms with Crippen molar-refractivity contribution in [2.75, 3.05) is 5.88 Å². The Hall–Kier alpha value is -1.19. The van der Waals surface area contributed by atoms with Crippen LogP contribution in [-0.2, 0) is 0 Å². The van der Waals surface area contributed by atoms with Crippen LogP contribution in [0.1, 0.15) is 10.4 Å². The van der Waals surface area contributed by atoms with E-state index in [4.69, 9.17) is 23.5 Å². The first-order valence-electron chi connectivity index (χ1n) is 4.25. The van der Waals surface area contributed by atoms with Gasteiger partial charge in [-0.3, -0.25) is 4.79 Å². The number of carbonyl (C=O) groups is 1. The first-order valence-corrected chi connectivity index (χ1v) is 5.09. The summed E-state index contributed by atoms with van der Waals surface area (Å²) >= 11 is 10.8. The normalized spacial score (nSPS) is 10.5. The number of ketones is 1. The van der Waals surface area contributed by atoms with E-state index in [-0.39, 0.29) is 11.7 Å². The highest BCUT2D eigenvalue weighted by atomic mass is 35.5. The molecule has 0 amide bonds. The Bertz CT molecular complexity index is 507. The lowest BCUT2D eigenvalue weighted by Crippen LogP contribution is -2.00. The number of hydrogen-bond acceptors (Lipinski definition) is 2. The number of hydrogen-bond donors (Lipinski definition) is 1. The van der Waals surface area contributed by atoms with Crippen LogP contribution in [0.3, 0.4) is 0 Å². The third kappa shape index (κ3) is 1.80. The molecule has 0 fully saturated rings. The molecule has 2 rings (SSSR count). The smallest absolute Gasteiger partial charge is 0.177 e. The van der Waals surface area contributed by atoms with E-state index in [0.29, 0.717) is 11.3 Å². The summed E-state index contributed by atoms with van der Waals surface area (Å²) in [6.45, 7) is 0. The summed E-state index contributed by atoms with van der Waals surface area (Å²) in [6, 6.07) is 5.15. The summed E-state index contributed by atoms with van der Waals surface area (Å²) in [4.78, 5) is 14.4. The number of aromatic amines is 1. The van der Waals surface area contributed by atoms with Gasteiger partial charge >= 0.3 is 0 Å². The van der Waals surface area contributed by atoms with Gasteiger partial charge in [-0.15, -0.1) is 11.6 Å². The van der Waals surface area contributed by atoms with E-state index in [0.717, 1.165) is 10.9 Å². The minimum absolute atomic E-state index is 0.0579. The first-order chi connectivity index (χ1) is 7.26. The van der Waals surface area contributed by atoms with Gasteiger partial charge in [0.2, 0.25) is 0 Å². The van der Waals surface area contributed by atoms with Crippen LogP contribution in [0.25, 0.3) is 10.9 Å². The Morgan fingerprint density at radius 2 is 2.27 bits per heavy atom. The van der Waals surface area contributed by atoms with Gasteiger partial charge in [-0.2, -0.15) is 0 Å². The van der Waals surface area contributed by atoms with E-state index < -0.39 is 0 Å². The van der Waals surface area contributed by atoms with Gasteiger partial charge in [-0.05, 0) is 18.2 Å². The molecule has 1 aromatic heterocycles. The summed E-state index contributed by atoms with van der Waals surface area (Å²) in [7, 11) is 0. The van der Waals surface area contributed by atoms with Crippen LogP contribution in [0, 0.1) is 0 Å². The molecular weight excluding hydrogens is 237 g/mol. The molecule has 0 atom stereocenters. The van der Waals surface area contributed by atoms with Crippen LogP contribution >= 0.6 is 23.5 Å². The molecule has 78 valence electrons. The van der Waals surface area contributed by atoms with E-state index in [9.17, 15) is 4.79 Å². The van der Waals surface area contributed by atoms with Gasteiger partial charge in [0, 0.05) is 17.1 Å². The maximum Gasteiger partial charge on any atom is 0.177 e. The minimum Gasteiger partial charge on any atom is -0.383 e. The molecule has 0 aliphatic carbocycles. The van der Waals surface area contributed by atoms with Crippen LogP contribution < -0.4 is 4.29 Å². The summed E-state index contributed by atoms with van der Waals surface area (Å²) in [5, 5.41) is 0.863. The monoisotopic (exact) mass is 243 g/mol. The SMILES string of the molecule is O=C(CCl)c1cc(OCl)c2[nH]ccc2c1. The number of rotatable bonds is 3. The number of carbonyl (C=O) groups excluding carboxylic acids is 1. The van der Waals surface area contributed by atoms with Crippen molar-refractivity contribution in [3.63, 3.8) is 0 Å². The van der Waals surface area contributed by atoms with Crippen LogP contribution in [0.5, 0.6) is 5.75 Å². The van der Waals surface area contributed by atoms with E-state index >= 15 is 0 Å². The van der Waals surface area contributed by atoms with Crippen molar-refractivity contribution < 1.29 is 9.08 Å². The Balaban J connectivity index is 2.63. The summed E-state index contributed by atoms with van der Waals surface area (Å²) in [5.74, 6) is 0.208. The van der Waals surface area contributed by atoms with Gasteiger partial charge < -0.3 is 9.27 Å². The van der Waals surface area contributed by atoms with Crippen LogP contribution in [-0.4, -0.2) is 16.6 Å². The summed E-state index contributed by atoms with van der Waals surface area (Å²) in [5.41, 5.74) is 1.25. The van der Waals surface area contributed by atoms with E-state index in [1.807, 2.05) is 6.07 Å². The molecule has 15 heavy (non-hydrogen) atoms. The van der Waals surface area contributed by atoms with E-state index in [2.05, 4.69) is 9.27 Å². The molecule has 2 aromatic rings. The predicted molar refractivity (Wildman–Crippen MR) is 59.8 cm³/mol. The van der Waals surface area contributed by atoms with Crippen molar-refractivity contribution in [3.05, 3.63) is 30.0 Å². The quantitative estimate of drug-likeness (QED) is 0.665. The second-order valence-corrected chi connectivity index (χ2v) is 3.47. The fraction of sp³-hybridized carbons (Fsp3) is 0.100. The minimum atomic E-state index is -0.158. The Labute approximate surface area is 96.1 Å². The average Bonchev–Trinajstić information content (AvgIpc) is 2.74. The standard InChI is InChI=1S/C10H7Cl2NO2/c11-5-8(14)7-3-6-1-2-13-10(6)9(4-7)15-12/h1-4,13H,5H2. The number of alkyl halides is 1. The summed E-state index contributed by atoms with van der Waals surface area (Å²) in [6.07, 6.45) is 1.75. The number of H-pyrrole nitrogens is 1. The molecule has 1 aromatic carbocycles. The second kappa shape index (κ2) is 4.13. The maximum absolute atomic E-state index is 11.4. The average molecular weight is 244 g/mol. The Morgan fingerprint density at radius 1 is 1.47 bits per heavy atom. The fourth-order valence-electron chi connectivity index (χ4n) is 1.44. The lowest BCUT2D eigenvalue weighted by molar-refractivity contribution is 0.102. The molecule has 0 aliphatic rings. The molecule has 0 radical (unpaired) electrons. The molecule has 0 saturated heterocycles. The lowest BCUT2D eigenvalue weighted by Gasteiger charge is -2.02. The molecule has 1 N–H and O–H groups in total. The Morgan fingerprint density at radius 3 is 2.93 bits per heavy atom. The number of Topliss-reactive ketones (excluding diaryl/α,β-unsaturated/α-hetero) is 1. The topological polar surface area (TPSA) is 42.1 Å². The first kappa shape index (κ1) is 10.3. The van der Waals surface area contributed by atoms with Crippen molar-refractivity contribution >= 4 is 40.2 Å². The highest BCUT2D eigenvalue weighted by Crippen LogP contribution is 2.27. The van der Waals surface area contributed by atoms with Crippen molar-refractivity contribution in [2.24, 2.45) is 0 Å². The third-order valence-corrected chi connectivity index (χ3v) is 2.56. The van der Waals surface area contributed by atoms with Crippen molar-refractivity contribution in [2.45, 2.75) is 0 Å². The molecule has 5 heteroatoms. The van der Waals surface area contributed by atoms with Gasteiger partial charge in [0.25, 0.3) is 0 Å². The van der Waals surface area contributed by atoms with Crippen molar-refractivity contribution in [3.8, 4) is 5.75 Å². The highest BCUT2D eigenvalue weighted by molar-refractivity contribution is 6.30. The molecule has 0 saturated carbocycles. The number of fused-ring (bicyclic) bond motifs is 1. The zero-order valence-corrected chi connectivity index (χ0v) is 9.10. The van der Waals surface area contributed by atoms with Gasteiger partial charge in [0.15, 0.2) is 11.5 Å². The lowest BCUT2D eigenvalue weighted by atomic mass is 10.1. The van der Waals surface area contributed by atoms with Gasteiger partial charge in [0.05, 0.1) is 11.4 Å². The van der Waals surface area contributed by atoms with Crippen LogP contribution in [0.15, 0.2) is 24.4 Å². The molecule has 0 aliphatic heterocycles. The molecule has 0 bridgehead atoms. The van der Waals surface area contributed by atoms with E-state index in [1.54, 1.807) is 18.3 Å². The van der Waals surface area contributed by atoms with Gasteiger partial charge in [-0.25, -0.2) is 0 Å².